The fraction of sp³-hybridized carbons (Fsp3) is 0.179. The van der Waals surface area contributed by atoms with E-state index in [1.165, 1.54) is 23.1 Å². The first-order valence-electron chi connectivity index (χ1n) is 12.2. The van der Waals surface area contributed by atoms with E-state index in [1.807, 2.05) is 29.6 Å². The van der Waals surface area contributed by atoms with E-state index in [0.717, 1.165) is 16.3 Å². The third kappa shape index (κ3) is 7.13. The number of hydrogen-bond acceptors (Lipinski definition) is 12. The highest BCUT2D eigenvalue weighted by molar-refractivity contribution is 7.98. The van der Waals surface area contributed by atoms with Crippen LogP contribution in [0.4, 0.5) is 5.82 Å². The van der Waals surface area contributed by atoms with Crippen molar-refractivity contribution in [1.82, 2.24) is 15.4 Å². The van der Waals surface area contributed by atoms with Crippen LogP contribution in [-0.2, 0) is 15.3 Å². The Morgan fingerprint density at radius 1 is 1.10 bits per heavy atom. The highest BCUT2D eigenvalue weighted by Crippen LogP contribution is 2.37. The summed E-state index contributed by atoms with van der Waals surface area (Å²) in [7, 11) is 0. The number of esters is 1. The second-order valence-corrected chi connectivity index (χ2v) is 10.6. The van der Waals surface area contributed by atoms with E-state index in [-0.39, 0.29) is 30.1 Å². The number of nitrogens with one attached hydrogen (secondary N) is 1. The Kier molecular flexibility index (Phi) is 10.1. The second-order valence-electron chi connectivity index (χ2n) is 8.37. The number of nitrogen functional groups attached to an aromatic ring is 1. The van der Waals surface area contributed by atoms with Crippen molar-refractivity contribution in [1.29, 1.82) is 10.5 Å². The number of ether oxygens (including phenoxy) is 1. The summed E-state index contributed by atoms with van der Waals surface area (Å²) in [5, 5.41) is 23.8. The van der Waals surface area contributed by atoms with Crippen molar-refractivity contribution in [3.63, 3.8) is 0 Å². The smallest absolute Gasteiger partial charge is 0.327 e. The van der Waals surface area contributed by atoms with Gasteiger partial charge in [-0.05, 0) is 36.8 Å². The number of hydrogen-bond donors (Lipinski definition) is 3. The molecule has 0 spiro atoms. The molecule has 2 aromatic heterocycles. The molecule has 10 nitrogen and oxygen atoms in total. The highest BCUT2D eigenvalue weighted by atomic mass is 35.5. The molecule has 2 heterocycles. The Bertz CT molecular complexity index is 1610. The van der Waals surface area contributed by atoms with Gasteiger partial charge in [0, 0.05) is 33.8 Å². The molecular weight excluding hydrogens is 582 g/mol. The lowest BCUT2D eigenvalue weighted by Gasteiger charge is -2.16. The number of nitrogens with two attached hydrogens (primary N) is 2. The lowest BCUT2D eigenvalue weighted by molar-refractivity contribution is -0.147. The van der Waals surface area contributed by atoms with Crippen LogP contribution in [0, 0.1) is 22.7 Å². The predicted molar refractivity (Wildman–Crippen MR) is 159 cm³/mol. The van der Waals surface area contributed by atoms with Crippen LogP contribution in [0.15, 0.2) is 58.9 Å². The largest absolute Gasteiger partial charge is 0.465 e. The molecule has 0 radical (unpaired) electrons. The molecule has 0 bridgehead atoms. The number of carbonyl (C=O) groups is 1. The Balaban J connectivity index is 1.55. The number of hydroxylamine groups is 1. The van der Waals surface area contributed by atoms with Gasteiger partial charge in [0.25, 0.3) is 0 Å². The maximum atomic E-state index is 11.9. The molecule has 0 fully saturated rings. The van der Waals surface area contributed by atoms with Crippen molar-refractivity contribution in [3.05, 3.63) is 75.8 Å². The van der Waals surface area contributed by atoms with Crippen LogP contribution in [-0.4, -0.2) is 35.1 Å². The van der Waals surface area contributed by atoms with Gasteiger partial charge in [0.15, 0.2) is 6.04 Å². The zero-order chi connectivity index (χ0) is 29.4. The van der Waals surface area contributed by atoms with Gasteiger partial charge in [-0.25, -0.2) is 9.97 Å². The van der Waals surface area contributed by atoms with Crippen LogP contribution in [0.3, 0.4) is 0 Å². The predicted octanol–water partition coefficient (Wildman–Crippen LogP) is 4.92. The summed E-state index contributed by atoms with van der Waals surface area (Å²) in [6, 6.07) is 17.5. The van der Waals surface area contributed by atoms with Crippen LogP contribution in [0.1, 0.15) is 23.7 Å². The van der Waals surface area contributed by atoms with Crippen molar-refractivity contribution < 1.29 is 14.4 Å². The van der Waals surface area contributed by atoms with Crippen LogP contribution in [0.25, 0.3) is 21.7 Å². The number of nitriles is 2. The molecule has 208 valence electrons. The summed E-state index contributed by atoms with van der Waals surface area (Å²) in [6.07, 6.45) is 0. The molecule has 0 aliphatic heterocycles. The SMILES string of the molecule is CCOC(=O)[C@H](CN)NOc1ccc(-c2c(C#N)c(N)nc(SCc3csc(-c4ccc(Cl)cc4)n3)c2C#N)cc1. The third-order valence-corrected chi connectivity index (χ3v) is 7.89. The maximum absolute atomic E-state index is 11.9. The lowest BCUT2D eigenvalue weighted by Crippen LogP contribution is -2.45. The fourth-order valence-corrected chi connectivity index (χ4v) is 5.64. The summed E-state index contributed by atoms with van der Waals surface area (Å²) >= 11 is 8.80. The summed E-state index contributed by atoms with van der Waals surface area (Å²) in [4.78, 5) is 26.5. The number of nitrogens with zero attached hydrogens (tertiary/aromatic N) is 4. The minimum absolute atomic E-state index is 0.0198. The van der Waals surface area contributed by atoms with Crippen LogP contribution in [0.5, 0.6) is 5.75 Å². The molecule has 0 amide bonds. The minimum atomic E-state index is -0.843. The van der Waals surface area contributed by atoms with Crippen molar-refractivity contribution in [2.75, 3.05) is 18.9 Å². The van der Waals surface area contributed by atoms with Gasteiger partial charge in [-0.1, -0.05) is 47.6 Å². The van der Waals surface area contributed by atoms with Crippen molar-refractivity contribution >= 4 is 46.5 Å². The van der Waals surface area contributed by atoms with Crippen LogP contribution >= 0.6 is 34.7 Å². The summed E-state index contributed by atoms with van der Waals surface area (Å²) in [5.41, 5.74) is 17.4. The van der Waals surface area contributed by atoms with E-state index >= 15 is 0 Å². The summed E-state index contributed by atoms with van der Waals surface area (Å²) in [6.45, 7) is 1.90. The molecule has 0 aliphatic rings. The van der Waals surface area contributed by atoms with Crippen molar-refractivity contribution in [3.8, 4) is 39.6 Å². The molecule has 0 saturated heterocycles. The van der Waals surface area contributed by atoms with Gasteiger partial charge in [0.2, 0.25) is 0 Å². The van der Waals surface area contributed by atoms with Crippen molar-refractivity contribution in [2.24, 2.45) is 5.73 Å². The van der Waals surface area contributed by atoms with Crippen LogP contribution < -0.4 is 21.8 Å². The van der Waals surface area contributed by atoms with E-state index in [4.69, 9.17) is 32.6 Å². The number of benzene rings is 2. The van der Waals surface area contributed by atoms with Gasteiger partial charge in [0.1, 0.15) is 39.3 Å². The van der Waals surface area contributed by atoms with Gasteiger partial charge in [-0.15, -0.1) is 16.8 Å². The molecule has 0 unspecified atom stereocenters. The van der Waals surface area contributed by atoms with Crippen LogP contribution in [0.2, 0.25) is 5.02 Å². The zero-order valence-corrected chi connectivity index (χ0v) is 24.1. The van der Waals surface area contributed by atoms with Gasteiger partial charge in [-0.2, -0.15) is 10.5 Å². The number of halogens is 1. The minimum Gasteiger partial charge on any atom is -0.465 e. The molecule has 2 aromatic carbocycles. The summed E-state index contributed by atoms with van der Waals surface area (Å²) < 4.78 is 4.96. The number of thioether (sulfide) groups is 1. The number of anilines is 1. The quantitative estimate of drug-likeness (QED) is 0.120. The van der Waals surface area contributed by atoms with Crippen molar-refractivity contribution in [2.45, 2.75) is 23.7 Å². The van der Waals surface area contributed by atoms with E-state index in [1.54, 1.807) is 31.2 Å². The molecule has 1 atom stereocenters. The molecule has 13 heteroatoms. The Morgan fingerprint density at radius 2 is 1.78 bits per heavy atom. The fourth-order valence-electron chi connectivity index (χ4n) is 3.70. The van der Waals surface area contributed by atoms with Gasteiger partial charge < -0.3 is 21.0 Å². The monoisotopic (exact) mass is 605 g/mol. The highest BCUT2D eigenvalue weighted by Gasteiger charge is 2.22. The van der Waals surface area contributed by atoms with Gasteiger partial charge in [-0.3, -0.25) is 4.79 Å². The molecule has 0 aliphatic carbocycles. The topological polar surface area (TPSA) is 173 Å². The Labute approximate surface area is 249 Å². The average molecular weight is 606 g/mol. The van der Waals surface area contributed by atoms with Gasteiger partial charge in [0.05, 0.1) is 17.9 Å². The first-order chi connectivity index (χ1) is 19.9. The first-order valence-corrected chi connectivity index (χ1v) is 14.5. The average Bonchev–Trinajstić information content (AvgIpc) is 3.46. The Morgan fingerprint density at radius 3 is 2.41 bits per heavy atom. The van der Waals surface area contributed by atoms with E-state index < -0.39 is 12.0 Å². The standard InChI is InChI=1S/C28H24ClN7O3S2/c1-2-38-28(37)23(13-32)36-39-20-9-5-16(6-10-20)24-21(11-30)25(33)35-27(22(24)12-31)41-15-19-14-40-26(34-19)17-3-7-18(29)8-4-17/h3-10,14,23,36H,2,13,15,32H2,1H3,(H2,33,35)/t23-/m0/s1. The molecule has 4 rings (SSSR count). The Hall–Kier alpha value is -4.17. The third-order valence-electron chi connectivity index (χ3n) is 5.68. The zero-order valence-electron chi connectivity index (χ0n) is 21.8. The number of aromatic nitrogens is 2. The summed E-state index contributed by atoms with van der Waals surface area (Å²) in [5.74, 6) is 0.314. The van der Waals surface area contributed by atoms with E-state index in [0.29, 0.717) is 32.7 Å². The van der Waals surface area contributed by atoms with E-state index in [2.05, 4.69) is 27.6 Å². The number of rotatable bonds is 11. The lowest BCUT2D eigenvalue weighted by atomic mass is 9.97. The van der Waals surface area contributed by atoms with Gasteiger partial charge >= 0.3 is 5.97 Å². The first kappa shape index (κ1) is 29.8. The molecule has 0 saturated carbocycles. The number of thiazole rings is 1. The molecule has 41 heavy (non-hydrogen) atoms. The molecule has 4 aromatic rings. The van der Waals surface area contributed by atoms with E-state index in [9.17, 15) is 15.3 Å². The molecule has 5 N–H and O–H groups in total. The maximum Gasteiger partial charge on any atom is 0.327 e. The number of carbonyl (C=O) groups excluding carboxylic acids is 1. The second kappa shape index (κ2) is 13.9. The normalized spacial score (nSPS) is 11.3. The number of pyridine rings is 1. The molecular formula is C28H24ClN7O3S2.